The summed E-state index contributed by atoms with van der Waals surface area (Å²) in [6.45, 7) is 7.52. The van der Waals surface area contributed by atoms with Crippen LogP contribution in [0.25, 0.3) is 0 Å². The van der Waals surface area contributed by atoms with Crippen LogP contribution in [-0.4, -0.2) is 67.6 Å². The number of furan rings is 1. The summed E-state index contributed by atoms with van der Waals surface area (Å²) in [5.74, 6) is 5.82. The molecule has 3 atom stereocenters. The van der Waals surface area contributed by atoms with Crippen molar-refractivity contribution in [3.63, 3.8) is 0 Å². The molecule has 0 aliphatic carbocycles. The number of likely N-dealkylation sites (tertiary alicyclic amines) is 1. The number of benzene rings is 1. The van der Waals surface area contributed by atoms with Gasteiger partial charge in [-0.05, 0) is 86.5 Å². The van der Waals surface area contributed by atoms with Gasteiger partial charge in [0, 0.05) is 15.3 Å². The number of amidine groups is 1. The van der Waals surface area contributed by atoms with Crippen molar-refractivity contribution in [2.24, 2.45) is 4.99 Å². The number of aliphatic imine (C=N–C) groups is 1. The van der Waals surface area contributed by atoms with Gasteiger partial charge in [0.05, 0.1) is 43.4 Å². The molecule has 5 rings (SSSR count). The van der Waals surface area contributed by atoms with E-state index in [4.69, 9.17) is 28.5 Å². The highest BCUT2D eigenvalue weighted by Crippen LogP contribution is 2.58. The lowest BCUT2D eigenvalue weighted by atomic mass is 9.69. The Balaban J connectivity index is 0.00000129. The molecule has 0 radical (unpaired) electrons. The van der Waals surface area contributed by atoms with Crippen LogP contribution < -0.4 is 4.90 Å². The number of anilines is 1. The largest absolute Gasteiger partial charge is 0.466 e. The fourth-order valence-electron chi connectivity index (χ4n) is 6.24. The number of ether oxygens (including phenoxy) is 2. The van der Waals surface area contributed by atoms with Crippen molar-refractivity contribution < 1.29 is 37.9 Å². The molecule has 4 heterocycles. The van der Waals surface area contributed by atoms with E-state index in [9.17, 15) is 14.4 Å². The summed E-state index contributed by atoms with van der Waals surface area (Å²) in [7, 11) is 2.50. The van der Waals surface area contributed by atoms with E-state index in [-0.39, 0.29) is 29.4 Å². The molecule has 0 N–H and O–H groups in total. The maximum Gasteiger partial charge on any atom is 0.373 e. The lowest BCUT2D eigenvalue weighted by molar-refractivity contribution is -0.191. The third-order valence-corrected chi connectivity index (χ3v) is 8.33. The van der Waals surface area contributed by atoms with Crippen molar-refractivity contribution in [3.8, 4) is 11.8 Å². The van der Waals surface area contributed by atoms with E-state index in [0.29, 0.717) is 35.9 Å². The molecule has 0 saturated carbocycles. The molecular formula is C30H28IN3O8. The van der Waals surface area contributed by atoms with E-state index >= 15 is 0 Å². The van der Waals surface area contributed by atoms with Gasteiger partial charge in [0.1, 0.15) is 17.4 Å². The zero-order chi connectivity index (χ0) is 30.9. The zero-order valence-electron chi connectivity index (χ0n) is 23.9. The smallest absolute Gasteiger partial charge is 0.373 e. The summed E-state index contributed by atoms with van der Waals surface area (Å²) in [4.78, 5) is 65.4. The topological polar surface area (TPSA) is 136 Å². The Morgan fingerprint density at radius 1 is 1.14 bits per heavy atom. The summed E-state index contributed by atoms with van der Waals surface area (Å²) in [6.07, 6.45) is 0.718. The van der Waals surface area contributed by atoms with Crippen LogP contribution in [0, 0.1) is 29.3 Å². The standard InChI is InChI=1S/C29H28IN3O6.CO2/c1-7-8-11-32-21-10-9-18(30)13-20(21)29-14-15(2)33(25(34)19-12-16(3)39-17(19)4)28(29)31-23(27(36)38-6)22(24(29)32)26(35)37-5;2-1-3/h9-10,12-13,15,24H,11,14H2,1-6H3;/t15-,24?,29+;/m1./s1. The molecule has 218 valence electrons. The molecule has 12 heteroatoms. The number of rotatable bonds is 4. The number of hydrogen-bond acceptors (Lipinski definition) is 10. The van der Waals surface area contributed by atoms with Crippen LogP contribution in [-0.2, 0) is 34.1 Å². The second-order valence-corrected chi connectivity index (χ2v) is 11.2. The van der Waals surface area contributed by atoms with Crippen LogP contribution in [0.4, 0.5) is 5.69 Å². The minimum absolute atomic E-state index is 0.0917. The van der Waals surface area contributed by atoms with Gasteiger partial charge in [-0.15, -0.1) is 5.92 Å². The second kappa shape index (κ2) is 12.0. The minimum Gasteiger partial charge on any atom is -0.466 e. The van der Waals surface area contributed by atoms with Crippen molar-refractivity contribution in [2.75, 3.05) is 25.7 Å². The summed E-state index contributed by atoms with van der Waals surface area (Å²) in [5, 5.41) is 0. The van der Waals surface area contributed by atoms with Gasteiger partial charge in [0.25, 0.3) is 5.91 Å². The maximum absolute atomic E-state index is 14.1. The number of methoxy groups -OCH3 is 2. The van der Waals surface area contributed by atoms with Gasteiger partial charge < -0.3 is 18.8 Å². The quantitative estimate of drug-likeness (QED) is 0.270. The Bertz CT molecular complexity index is 1640. The van der Waals surface area contributed by atoms with Gasteiger partial charge in [0.2, 0.25) is 0 Å². The lowest BCUT2D eigenvalue weighted by Crippen LogP contribution is -2.55. The van der Waals surface area contributed by atoms with Gasteiger partial charge in [-0.3, -0.25) is 9.69 Å². The van der Waals surface area contributed by atoms with E-state index in [2.05, 4.69) is 40.5 Å². The van der Waals surface area contributed by atoms with Crippen molar-refractivity contribution in [3.05, 3.63) is 61.8 Å². The highest BCUT2D eigenvalue weighted by atomic mass is 127. The summed E-state index contributed by atoms with van der Waals surface area (Å²) < 4.78 is 16.9. The van der Waals surface area contributed by atoms with Crippen LogP contribution in [0.3, 0.4) is 0 Å². The number of halogens is 1. The van der Waals surface area contributed by atoms with Crippen molar-refractivity contribution >= 4 is 58.1 Å². The molecule has 1 spiro atoms. The SMILES string of the molecule is CC#CCN1c2ccc(I)cc2[C@]23C[C@@H](C)N(C(=O)c4cc(C)oc4C)C2=NC(C(=O)OC)=C(C(=O)OC)C13.O=C=O. The monoisotopic (exact) mass is 685 g/mol. The first-order chi connectivity index (χ1) is 20.0. The molecule has 2 aromatic rings. The first-order valence-electron chi connectivity index (χ1n) is 12.9. The summed E-state index contributed by atoms with van der Waals surface area (Å²) in [5.41, 5.74) is 1.20. The van der Waals surface area contributed by atoms with Gasteiger partial charge in [-0.2, -0.15) is 9.59 Å². The first kappa shape index (κ1) is 30.7. The molecular weight excluding hydrogens is 657 g/mol. The molecule has 11 nitrogen and oxygen atoms in total. The molecule has 1 aromatic carbocycles. The number of hydrogen-bond donors (Lipinski definition) is 0. The van der Waals surface area contributed by atoms with Crippen molar-refractivity contribution in [1.29, 1.82) is 0 Å². The number of fused-ring (bicyclic) bond motifs is 1. The van der Waals surface area contributed by atoms with Crippen LogP contribution in [0.5, 0.6) is 0 Å². The molecule has 0 bridgehead atoms. The highest BCUT2D eigenvalue weighted by molar-refractivity contribution is 14.1. The second-order valence-electron chi connectivity index (χ2n) is 9.91. The predicted octanol–water partition coefficient (Wildman–Crippen LogP) is 3.31. The van der Waals surface area contributed by atoms with Gasteiger partial charge in [0.15, 0.2) is 5.70 Å². The van der Waals surface area contributed by atoms with E-state index in [1.54, 1.807) is 31.7 Å². The van der Waals surface area contributed by atoms with Crippen LogP contribution in [0.1, 0.15) is 47.7 Å². The van der Waals surface area contributed by atoms with E-state index in [1.807, 2.05) is 24.0 Å². The van der Waals surface area contributed by atoms with Gasteiger partial charge >= 0.3 is 18.1 Å². The number of nitrogens with zero attached hydrogens (tertiary/aromatic N) is 3. The molecule has 1 amide bonds. The number of aryl methyl sites for hydroxylation is 2. The molecule has 3 aliphatic heterocycles. The molecule has 1 aromatic heterocycles. The zero-order valence-corrected chi connectivity index (χ0v) is 26.0. The molecule has 42 heavy (non-hydrogen) atoms. The maximum atomic E-state index is 14.1. The molecule has 1 saturated heterocycles. The normalized spacial score (nSPS) is 21.5. The Kier molecular flexibility index (Phi) is 8.75. The van der Waals surface area contributed by atoms with Crippen LogP contribution >= 0.6 is 22.6 Å². The molecule has 1 fully saturated rings. The number of carbonyl (C=O) groups excluding carboxylic acids is 5. The Labute approximate surface area is 256 Å². The fraction of sp³-hybridized carbons (Fsp3) is 0.367. The first-order valence-corrected chi connectivity index (χ1v) is 14.0. The van der Waals surface area contributed by atoms with Crippen LogP contribution in [0.15, 0.2) is 44.9 Å². The minimum atomic E-state index is -0.922. The van der Waals surface area contributed by atoms with E-state index < -0.39 is 23.4 Å². The Hall–Kier alpha value is -4.21. The van der Waals surface area contributed by atoms with Crippen molar-refractivity contribution in [2.45, 2.75) is 51.6 Å². The van der Waals surface area contributed by atoms with E-state index in [1.165, 1.54) is 14.2 Å². The van der Waals surface area contributed by atoms with Crippen molar-refractivity contribution in [1.82, 2.24) is 4.90 Å². The molecule has 1 unspecified atom stereocenters. The third kappa shape index (κ3) is 4.72. The van der Waals surface area contributed by atoms with Crippen LogP contribution in [0.2, 0.25) is 0 Å². The molecule has 3 aliphatic rings. The number of esters is 2. The fourth-order valence-corrected chi connectivity index (χ4v) is 6.73. The van der Waals surface area contributed by atoms with E-state index in [0.717, 1.165) is 14.8 Å². The highest BCUT2D eigenvalue weighted by Gasteiger charge is 2.66. The summed E-state index contributed by atoms with van der Waals surface area (Å²) >= 11 is 2.25. The lowest BCUT2D eigenvalue weighted by Gasteiger charge is -2.40. The van der Waals surface area contributed by atoms with Gasteiger partial charge in [-0.25, -0.2) is 14.6 Å². The third-order valence-electron chi connectivity index (χ3n) is 7.66. The predicted molar refractivity (Wildman–Crippen MR) is 157 cm³/mol. The number of amides is 1. The van der Waals surface area contributed by atoms with Gasteiger partial charge in [-0.1, -0.05) is 5.92 Å². The average Bonchev–Trinajstić information content (AvgIpc) is 3.55. The Morgan fingerprint density at radius 2 is 1.81 bits per heavy atom. The summed E-state index contributed by atoms with van der Waals surface area (Å²) in [6, 6.07) is 6.73. The average molecular weight is 685 g/mol. The Morgan fingerprint density at radius 3 is 2.38 bits per heavy atom. The number of carbonyl (C=O) groups is 3.